The Morgan fingerprint density at radius 3 is 1.87 bits per heavy atom. The average Bonchev–Trinajstić information content (AvgIpc) is 3.86. The van der Waals surface area contributed by atoms with Gasteiger partial charge in [-0.05, 0) is 78.3 Å². The lowest BCUT2D eigenvalue weighted by Gasteiger charge is -2.29. The molecule has 1 amide bonds. The Kier molecular flexibility index (Phi) is 7.47. The van der Waals surface area contributed by atoms with E-state index < -0.39 is 0 Å². The maximum Gasteiger partial charge on any atom is 0.255 e. The van der Waals surface area contributed by atoms with E-state index >= 15 is 0 Å². The van der Waals surface area contributed by atoms with E-state index in [0.29, 0.717) is 16.4 Å². The average molecular weight is 610 g/mol. The van der Waals surface area contributed by atoms with E-state index in [1.807, 2.05) is 61.5 Å². The predicted octanol–water partition coefficient (Wildman–Crippen LogP) is 8.26. The molecule has 0 spiro atoms. The molecule has 7 rings (SSSR count). The van der Waals surface area contributed by atoms with E-state index in [2.05, 4.69) is 106 Å². The molecule has 2 atom stereocenters. The van der Waals surface area contributed by atoms with Crippen molar-refractivity contribution in [1.29, 1.82) is 0 Å². The summed E-state index contributed by atoms with van der Waals surface area (Å²) < 4.78 is 0. The van der Waals surface area contributed by atoms with Crippen LogP contribution >= 0.6 is 12.2 Å². The smallest absolute Gasteiger partial charge is 0.255 e. The van der Waals surface area contributed by atoms with Crippen LogP contribution in [0.25, 0.3) is 22.3 Å². The molecule has 224 valence electrons. The van der Waals surface area contributed by atoms with Gasteiger partial charge in [0.15, 0.2) is 5.11 Å². The Hall–Kier alpha value is -5.14. The first-order chi connectivity index (χ1) is 21.9. The summed E-state index contributed by atoms with van der Waals surface area (Å²) in [5, 5.41) is 6.84. The van der Waals surface area contributed by atoms with Crippen LogP contribution in [0, 0.1) is 0 Å². The van der Waals surface area contributed by atoms with Gasteiger partial charge >= 0.3 is 0 Å². The summed E-state index contributed by atoms with van der Waals surface area (Å²) in [7, 11) is 5.91. The molecule has 7 heteroatoms. The fourth-order valence-corrected chi connectivity index (χ4v) is 6.41. The van der Waals surface area contributed by atoms with Crippen molar-refractivity contribution in [3.8, 4) is 22.3 Å². The molecule has 1 aliphatic carbocycles. The molecule has 2 N–H and O–H groups in total. The van der Waals surface area contributed by atoms with Crippen LogP contribution in [0.1, 0.15) is 16.8 Å². The van der Waals surface area contributed by atoms with Crippen LogP contribution in [0.5, 0.6) is 0 Å². The highest BCUT2D eigenvalue weighted by Gasteiger charge is 2.47. The number of thiocarbonyl (C=S) groups is 1. The van der Waals surface area contributed by atoms with Crippen LogP contribution in [0.15, 0.2) is 121 Å². The maximum absolute atomic E-state index is 13.4. The molecule has 2 aliphatic rings. The zero-order chi connectivity index (χ0) is 31.1. The number of para-hydroxylation sites is 2. The number of anilines is 5. The number of amides is 1. The Balaban J connectivity index is 1.13. The predicted molar refractivity (Wildman–Crippen MR) is 191 cm³/mol. The van der Waals surface area contributed by atoms with E-state index in [-0.39, 0.29) is 18.0 Å². The molecular formula is C38H35N5OS. The second-order valence-electron chi connectivity index (χ2n) is 11.8. The normalized spacial score (nSPS) is 15.9. The minimum absolute atomic E-state index is 0.155. The van der Waals surface area contributed by atoms with Crippen molar-refractivity contribution in [3.63, 3.8) is 0 Å². The maximum atomic E-state index is 13.4. The molecule has 1 fully saturated rings. The molecule has 5 aromatic carbocycles. The Bertz CT molecular complexity index is 1850. The summed E-state index contributed by atoms with van der Waals surface area (Å²) in [6.07, 6.45) is 1.01. The lowest BCUT2D eigenvalue weighted by Crippen LogP contribution is -2.31. The summed E-state index contributed by atoms with van der Waals surface area (Å²) in [6, 6.07) is 42.2. The minimum Gasteiger partial charge on any atom is -0.369 e. The third-order valence-corrected chi connectivity index (χ3v) is 9.15. The molecule has 1 saturated carbocycles. The second kappa shape index (κ2) is 11.7. The standard InChI is InChI=1S/C38H35N5OS/c1-41(2)38(45)40-27-14-11-13-26(23-27)39-37(44)25-12-10-15-28(22-25)42(3)35-24-36(35)43-33-20-8-6-18-31(33)29-16-4-5-17-30(29)32-19-7-9-21-34(32)43/h4-23,35-36H,24H2,1-3H3,(H,39,44)(H,40,45). The van der Waals surface area contributed by atoms with E-state index in [4.69, 9.17) is 12.2 Å². The summed E-state index contributed by atoms with van der Waals surface area (Å²) in [4.78, 5) is 20.0. The quantitative estimate of drug-likeness (QED) is 0.189. The molecular weight excluding hydrogens is 575 g/mol. The van der Waals surface area contributed by atoms with Crippen molar-refractivity contribution in [2.24, 2.45) is 0 Å². The van der Waals surface area contributed by atoms with Crippen LogP contribution in [0.4, 0.5) is 28.4 Å². The van der Waals surface area contributed by atoms with Crippen molar-refractivity contribution in [2.45, 2.75) is 18.5 Å². The SMILES string of the molecule is CN(C)C(=S)Nc1cccc(NC(=O)c2cccc(N(C)C3CC3N3c4ccccc4-c4ccccc4-c4ccccc43)c2)c1. The van der Waals surface area contributed by atoms with Gasteiger partial charge in [-0.15, -0.1) is 0 Å². The lowest BCUT2D eigenvalue weighted by molar-refractivity contribution is 0.102. The van der Waals surface area contributed by atoms with Gasteiger partial charge in [0.05, 0.1) is 12.1 Å². The zero-order valence-electron chi connectivity index (χ0n) is 25.6. The number of hydrogen-bond acceptors (Lipinski definition) is 4. The number of nitrogens with zero attached hydrogens (tertiary/aromatic N) is 3. The van der Waals surface area contributed by atoms with Crippen molar-refractivity contribution in [1.82, 2.24) is 4.90 Å². The Morgan fingerprint density at radius 2 is 1.24 bits per heavy atom. The highest BCUT2D eigenvalue weighted by atomic mass is 32.1. The van der Waals surface area contributed by atoms with Gasteiger partial charge in [-0.3, -0.25) is 4.79 Å². The van der Waals surface area contributed by atoms with Gasteiger partial charge in [0.25, 0.3) is 5.91 Å². The Morgan fingerprint density at radius 1 is 0.689 bits per heavy atom. The second-order valence-corrected chi connectivity index (χ2v) is 12.2. The van der Waals surface area contributed by atoms with E-state index in [9.17, 15) is 4.79 Å². The van der Waals surface area contributed by atoms with Gasteiger partial charge < -0.3 is 25.3 Å². The number of rotatable bonds is 6. The van der Waals surface area contributed by atoms with Gasteiger partial charge in [0.2, 0.25) is 0 Å². The highest BCUT2D eigenvalue weighted by molar-refractivity contribution is 7.80. The molecule has 1 heterocycles. The number of fused-ring (bicyclic) bond motifs is 5. The molecule has 0 aromatic heterocycles. The highest BCUT2D eigenvalue weighted by Crippen LogP contribution is 2.52. The number of likely N-dealkylation sites (N-methyl/N-ethyl adjacent to an activating group) is 1. The minimum atomic E-state index is -0.155. The molecule has 45 heavy (non-hydrogen) atoms. The largest absolute Gasteiger partial charge is 0.369 e. The molecule has 2 unspecified atom stereocenters. The Labute approximate surface area is 269 Å². The summed E-state index contributed by atoms with van der Waals surface area (Å²) >= 11 is 5.36. The van der Waals surface area contributed by atoms with Crippen LogP contribution in [0.2, 0.25) is 0 Å². The van der Waals surface area contributed by atoms with Crippen LogP contribution < -0.4 is 20.4 Å². The van der Waals surface area contributed by atoms with Crippen LogP contribution in [0.3, 0.4) is 0 Å². The zero-order valence-corrected chi connectivity index (χ0v) is 26.4. The first kappa shape index (κ1) is 28.6. The monoisotopic (exact) mass is 609 g/mol. The summed E-state index contributed by atoms with van der Waals surface area (Å²) in [5.41, 5.74) is 10.6. The molecule has 1 aliphatic heterocycles. The third-order valence-electron chi connectivity index (χ3n) is 8.68. The van der Waals surface area contributed by atoms with Crippen LogP contribution in [-0.4, -0.2) is 49.1 Å². The van der Waals surface area contributed by atoms with Crippen molar-refractivity contribution >= 4 is 51.7 Å². The van der Waals surface area contributed by atoms with Crippen LogP contribution in [-0.2, 0) is 0 Å². The fourth-order valence-electron chi connectivity index (χ4n) is 6.30. The van der Waals surface area contributed by atoms with Gasteiger partial charge in [-0.25, -0.2) is 0 Å². The molecule has 5 aromatic rings. The van der Waals surface area contributed by atoms with Crippen molar-refractivity contribution in [2.75, 3.05) is 41.6 Å². The van der Waals surface area contributed by atoms with Gasteiger partial charge in [0, 0.05) is 66.3 Å². The molecule has 0 saturated heterocycles. The van der Waals surface area contributed by atoms with Crippen molar-refractivity contribution in [3.05, 3.63) is 127 Å². The fraction of sp³-hybridized carbons (Fsp3) is 0.158. The van der Waals surface area contributed by atoms with E-state index in [0.717, 1.165) is 17.8 Å². The van der Waals surface area contributed by atoms with Gasteiger partial charge in [0.1, 0.15) is 0 Å². The first-order valence-electron chi connectivity index (χ1n) is 15.2. The van der Waals surface area contributed by atoms with Gasteiger partial charge in [-0.2, -0.15) is 0 Å². The number of carbonyl (C=O) groups excluding carboxylic acids is 1. The topological polar surface area (TPSA) is 50.9 Å². The van der Waals surface area contributed by atoms with Gasteiger partial charge in [-0.1, -0.05) is 72.8 Å². The van der Waals surface area contributed by atoms with E-state index in [1.165, 1.54) is 33.6 Å². The molecule has 0 radical (unpaired) electrons. The number of benzene rings is 5. The molecule has 6 nitrogen and oxygen atoms in total. The van der Waals surface area contributed by atoms with Crippen molar-refractivity contribution < 1.29 is 4.79 Å². The first-order valence-corrected chi connectivity index (χ1v) is 15.6. The number of carbonyl (C=O) groups is 1. The summed E-state index contributed by atoms with van der Waals surface area (Å²) in [6.45, 7) is 0. The summed E-state index contributed by atoms with van der Waals surface area (Å²) in [5.74, 6) is -0.155. The number of nitrogens with one attached hydrogen (secondary N) is 2. The number of hydrogen-bond donors (Lipinski definition) is 2. The lowest BCUT2D eigenvalue weighted by atomic mass is 9.95. The van der Waals surface area contributed by atoms with E-state index in [1.54, 1.807) is 0 Å². The third kappa shape index (κ3) is 5.51. The molecule has 0 bridgehead atoms.